The first-order valence-corrected chi connectivity index (χ1v) is 6.66. The summed E-state index contributed by atoms with van der Waals surface area (Å²) >= 11 is 8.99. The van der Waals surface area contributed by atoms with Crippen LogP contribution in [0.15, 0.2) is 40.9 Å². The van der Waals surface area contributed by atoms with Crippen LogP contribution in [-0.2, 0) is 0 Å². The van der Waals surface area contributed by atoms with Gasteiger partial charge in [-0.2, -0.15) is 0 Å². The zero-order chi connectivity index (χ0) is 14.0. The lowest BCUT2D eigenvalue weighted by molar-refractivity contribution is 0.214. The second-order valence-corrected chi connectivity index (χ2v) is 5.26. The average molecular weight is 346 g/mol. The molecule has 0 heterocycles. The molecule has 2 nitrogen and oxygen atoms in total. The van der Waals surface area contributed by atoms with Crippen LogP contribution in [0, 0.1) is 5.82 Å². The van der Waals surface area contributed by atoms with Gasteiger partial charge in [0.2, 0.25) is 0 Å². The third-order valence-corrected chi connectivity index (χ3v) is 3.57. The van der Waals surface area contributed by atoms with Gasteiger partial charge in [0.15, 0.2) is 0 Å². The Kier molecular flexibility index (Phi) is 4.45. The van der Waals surface area contributed by atoms with Gasteiger partial charge in [-0.3, -0.25) is 0 Å². The van der Waals surface area contributed by atoms with E-state index in [1.807, 2.05) is 0 Å². The molecule has 0 aliphatic rings. The van der Waals surface area contributed by atoms with Gasteiger partial charge in [0.05, 0.1) is 11.6 Å². The van der Waals surface area contributed by atoms with E-state index in [1.165, 1.54) is 19.2 Å². The smallest absolute Gasteiger partial charge is 0.141 e. The molecule has 0 fully saturated rings. The molecule has 1 N–H and O–H groups in total. The van der Waals surface area contributed by atoms with E-state index in [9.17, 15) is 9.50 Å². The van der Waals surface area contributed by atoms with Crippen molar-refractivity contribution >= 4 is 27.5 Å². The number of aliphatic hydroxyl groups is 1. The number of benzene rings is 2. The maximum absolute atomic E-state index is 13.4. The van der Waals surface area contributed by atoms with Gasteiger partial charge < -0.3 is 9.84 Å². The number of rotatable bonds is 3. The first kappa shape index (κ1) is 14.3. The third kappa shape index (κ3) is 3.08. The molecule has 1 unspecified atom stereocenters. The fourth-order valence-electron chi connectivity index (χ4n) is 1.79. The molecule has 0 aliphatic heterocycles. The first-order chi connectivity index (χ1) is 9.02. The van der Waals surface area contributed by atoms with E-state index in [0.29, 0.717) is 16.1 Å². The van der Waals surface area contributed by atoms with Gasteiger partial charge in [0, 0.05) is 16.7 Å². The molecule has 0 radical (unpaired) electrons. The summed E-state index contributed by atoms with van der Waals surface area (Å²) in [6, 6.07) is 9.59. The van der Waals surface area contributed by atoms with Crippen molar-refractivity contribution in [3.05, 3.63) is 62.8 Å². The Morgan fingerprint density at radius 3 is 2.68 bits per heavy atom. The van der Waals surface area contributed by atoms with Crippen molar-refractivity contribution in [1.82, 2.24) is 0 Å². The van der Waals surface area contributed by atoms with Crippen LogP contribution in [0.3, 0.4) is 0 Å². The van der Waals surface area contributed by atoms with E-state index in [2.05, 4.69) is 15.9 Å². The van der Waals surface area contributed by atoms with Gasteiger partial charge in [-0.15, -0.1) is 0 Å². The van der Waals surface area contributed by atoms with Gasteiger partial charge in [-0.25, -0.2) is 4.39 Å². The third-order valence-electron chi connectivity index (χ3n) is 2.73. The molecule has 2 aromatic rings. The number of halogens is 3. The summed E-state index contributed by atoms with van der Waals surface area (Å²) in [4.78, 5) is 0. The molecule has 0 spiro atoms. The molecule has 2 aromatic carbocycles. The molecule has 2 rings (SSSR count). The predicted octanol–water partition coefficient (Wildman–Crippen LogP) is 4.33. The Balaban J connectivity index is 2.49. The summed E-state index contributed by atoms with van der Waals surface area (Å²) in [6.45, 7) is 0. The van der Waals surface area contributed by atoms with Gasteiger partial charge in [0.25, 0.3) is 0 Å². The summed E-state index contributed by atoms with van der Waals surface area (Å²) < 4.78 is 18.8. The van der Waals surface area contributed by atoms with Gasteiger partial charge in [-0.1, -0.05) is 23.7 Å². The van der Waals surface area contributed by atoms with Crippen molar-refractivity contribution in [2.45, 2.75) is 6.10 Å². The van der Waals surface area contributed by atoms with Crippen molar-refractivity contribution in [3.63, 3.8) is 0 Å². The minimum absolute atomic E-state index is 0.268. The minimum atomic E-state index is -0.939. The SMILES string of the molecule is COc1cc(F)c(Br)cc1C(O)c1cccc(Cl)c1. The monoisotopic (exact) mass is 344 g/mol. The lowest BCUT2D eigenvalue weighted by Gasteiger charge is -2.16. The van der Waals surface area contributed by atoms with Crippen LogP contribution >= 0.6 is 27.5 Å². The van der Waals surface area contributed by atoms with Gasteiger partial charge >= 0.3 is 0 Å². The van der Waals surface area contributed by atoms with E-state index in [4.69, 9.17) is 16.3 Å². The van der Waals surface area contributed by atoms with Gasteiger partial charge in [-0.05, 0) is 39.7 Å². The molecule has 0 saturated heterocycles. The van der Waals surface area contributed by atoms with Crippen LogP contribution in [0.4, 0.5) is 4.39 Å². The number of methoxy groups -OCH3 is 1. The fraction of sp³-hybridized carbons (Fsp3) is 0.143. The number of hydrogen-bond donors (Lipinski definition) is 1. The standard InChI is InChI=1S/C14H11BrClFO2/c1-19-13-7-12(17)11(15)6-10(13)14(18)8-3-2-4-9(16)5-8/h2-7,14,18H,1H3. The van der Waals surface area contributed by atoms with Crippen LogP contribution in [0.25, 0.3) is 0 Å². The predicted molar refractivity (Wildman–Crippen MR) is 76.2 cm³/mol. The molecule has 5 heteroatoms. The Hall–Kier alpha value is -1.10. The second-order valence-electron chi connectivity index (χ2n) is 3.97. The number of hydrogen-bond acceptors (Lipinski definition) is 2. The molecule has 0 aliphatic carbocycles. The highest BCUT2D eigenvalue weighted by atomic mass is 79.9. The van der Waals surface area contributed by atoms with Crippen LogP contribution in [0.2, 0.25) is 5.02 Å². The van der Waals surface area contributed by atoms with Crippen LogP contribution in [0.5, 0.6) is 5.75 Å². The fourth-order valence-corrected chi connectivity index (χ4v) is 2.35. The van der Waals surface area contributed by atoms with Crippen LogP contribution < -0.4 is 4.74 Å². The Morgan fingerprint density at radius 1 is 1.32 bits per heavy atom. The summed E-state index contributed by atoms with van der Waals surface area (Å²) in [5.74, 6) is -0.160. The molecule has 0 aromatic heterocycles. The van der Waals surface area contributed by atoms with E-state index in [-0.39, 0.29) is 10.2 Å². The molecule has 1 atom stereocenters. The zero-order valence-corrected chi connectivity index (χ0v) is 12.4. The van der Waals surface area contributed by atoms with Crippen molar-refractivity contribution in [3.8, 4) is 5.75 Å². The molecule has 0 bridgehead atoms. The summed E-state index contributed by atoms with van der Waals surface area (Å²) in [7, 11) is 1.43. The zero-order valence-electron chi connectivity index (χ0n) is 10.0. The molecular formula is C14H11BrClFO2. The summed E-state index contributed by atoms with van der Waals surface area (Å²) in [5.41, 5.74) is 1.09. The highest BCUT2D eigenvalue weighted by Gasteiger charge is 2.18. The summed E-state index contributed by atoms with van der Waals surface area (Å²) in [5, 5.41) is 10.9. The van der Waals surface area contributed by atoms with Crippen molar-refractivity contribution in [2.24, 2.45) is 0 Å². The molecule has 0 saturated carbocycles. The lowest BCUT2D eigenvalue weighted by Crippen LogP contribution is -2.03. The van der Waals surface area contributed by atoms with Crippen LogP contribution in [-0.4, -0.2) is 12.2 Å². The second kappa shape index (κ2) is 5.90. The summed E-state index contributed by atoms with van der Waals surface area (Å²) in [6.07, 6.45) is -0.939. The number of ether oxygens (including phenoxy) is 1. The minimum Gasteiger partial charge on any atom is -0.496 e. The van der Waals surface area contributed by atoms with Gasteiger partial charge in [0.1, 0.15) is 17.7 Å². The molecule has 100 valence electrons. The first-order valence-electron chi connectivity index (χ1n) is 5.49. The Bertz CT molecular complexity index is 604. The van der Waals surface area contributed by atoms with Crippen molar-refractivity contribution < 1.29 is 14.2 Å². The quantitative estimate of drug-likeness (QED) is 0.897. The maximum atomic E-state index is 13.4. The molecule has 0 amide bonds. The maximum Gasteiger partial charge on any atom is 0.141 e. The normalized spacial score (nSPS) is 12.3. The highest BCUT2D eigenvalue weighted by Crippen LogP contribution is 2.34. The largest absolute Gasteiger partial charge is 0.496 e. The van der Waals surface area contributed by atoms with E-state index >= 15 is 0 Å². The topological polar surface area (TPSA) is 29.5 Å². The van der Waals surface area contributed by atoms with E-state index < -0.39 is 11.9 Å². The average Bonchev–Trinajstić information content (AvgIpc) is 2.40. The van der Waals surface area contributed by atoms with E-state index in [0.717, 1.165) is 0 Å². The number of aliphatic hydroxyl groups excluding tert-OH is 1. The molecule has 19 heavy (non-hydrogen) atoms. The van der Waals surface area contributed by atoms with Crippen molar-refractivity contribution in [1.29, 1.82) is 0 Å². The van der Waals surface area contributed by atoms with E-state index in [1.54, 1.807) is 24.3 Å². The Morgan fingerprint density at radius 2 is 2.05 bits per heavy atom. The lowest BCUT2D eigenvalue weighted by atomic mass is 10.0. The molecular weight excluding hydrogens is 335 g/mol. The van der Waals surface area contributed by atoms with Crippen molar-refractivity contribution in [2.75, 3.05) is 7.11 Å². The Labute approximate surface area is 123 Å². The van der Waals surface area contributed by atoms with Crippen LogP contribution in [0.1, 0.15) is 17.2 Å². The highest BCUT2D eigenvalue weighted by molar-refractivity contribution is 9.10.